The summed E-state index contributed by atoms with van der Waals surface area (Å²) >= 11 is 0. The second-order valence-electron chi connectivity index (χ2n) is 9.66. The van der Waals surface area contributed by atoms with Crippen molar-refractivity contribution in [2.45, 2.75) is 24.3 Å². The summed E-state index contributed by atoms with van der Waals surface area (Å²) in [4.78, 5) is 4.33. The normalized spacial score (nSPS) is 26.1. The summed E-state index contributed by atoms with van der Waals surface area (Å²) in [5.74, 6) is -1.62. The van der Waals surface area contributed by atoms with E-state index in [9.17, 15) is 18.3 Å². The zero-order valence-corrected chi connectivity index (χ0v) is 18.2. The quantitative estimate of drug-likeness (QED) is 0.330. The number of pyridine rings is 1. The number of phenolic OH excluding ortho intramolecular Hbond substituents is 1. The number of benzene rings is 2. The van der Waals surface area contributed by atoms with Crippen LogP contribution < -0.4 is 5.32 Å². The maximum absolute atomic E-state index is 16.2. The number of piperidine rings is 1. The lowest BCUT2D eigenvalue weighted by molar-refractivity contribution is 0.0990. The van der Waals surface area contributed by atoms with Gasteiger partial charge in [-0.2, -0.15) is 5.10 Å². The fraction of sp³-hybridized carbons (Fsp3) is 0.308. The fourth-order valence-electron chi connectivity index (χ4n) is 5.81. The van der Waals surface area contributed by atoms with Crippen LogP contribution in [-0.4, -0.2) is 38.9 Å². The van der Waals surface area contributed by atoms with E-state index >= 15 is 4.39 Å². The van der Waals surface area contributed by atoms with E-state index in [1.807, 2.05) is 0 Å². The van der Waals surface area contributed by atoms with Gasteiger partial charge < -0.3 is 10.4 Å². The highest BCUT2D eigenvalue weighted by molar-refractivity contribution is 6.02. The zero-order valence-electron chi connectivity index (χ0n) is 18.2. The number of halogens is 4. The summed E-state index contributed by atoms with van der Waals surface area (Å²) in [5, 5.41) is 19.1. The van der Waals surface area contributed by atoms with Crippen LogP contribution in [0.25, 0.3) is 32.9 Å². The Morgan fingerprint density at radius 2 is 1.91 bits per heavy atom. The third-order valence-corrected chi connectivity index (χ3v) is 7.66. The van der Waals surface area contributed by atoms with Gasteiger partial charge in [0.05, 0.1) is 11.3 Å². The molecule has 3 heterocycles. The van der Waals surface area contributed by atoms with Crippen LogP contribution in [0.4, 0.5) is 17.6 Å². The number of phenols is 1. The number of nitrogens with zero attached hydrogens (tertiary/aromatic N) is 3. The zero-order chi connectivity index (χ0) is 24.2. The molecule has 9 heteroatoms. The first kappa shape index (κ1) is 20.7. The Hall–Kier alpha value is -3.64. The molecule has 2 aromatic heterocycles. The SMILES string of the molecule is C#Cc1c(F)ccc2cc(O)cc(-c3ncc4c(C5[C@H]6CNC[C@@H]56)nn(C5CC5(F)F)c4c3F)c12. The standard InChI is InChI=1S/C26H18F4N4O/c1-2-13-18(27)4-3-11-5-12(35)6-14(20(11)13)24-22(28)25-17(10-32-24)23(21-15-8-31-9-16(15)21)33-34(25)19-7-26(19,29)30/h1,3-6,10,15-16,19,21,31,35H,7-9H2/t15-,16+,19?,21?. The number of aromatic hydroxyl groups is 1. The molecule has 1 saturated heterocycles. The van der Waals surface area contributed by atoms with Crippen molar-refractivity contribution in [1.29, 1.82) is 0 Å². The smallest absolute Gasteiger partial charge is 0.272 e. The number of alkyl halides is 2. The monoisotopic (exact) mass is 478 g/mol. The van der Waals surface area contributed by atoms with Crippen LogP contribution in [0.1, 0.15) is 29.6 Å². The lowest BCUT2D eigenvalue weighted by atomic mass is 9.95. The van der Waals surface area contributed by atoms with Gasteiger partial charge in [0.15, 0.2) is 5.82 Å². The van der Waals surface area contributed by atoms with Gasteiger partial charge in [-0.05, 0) is 48.5 Å². The third kappa shape index (κ3) is 2.80. The van der Waals surface area contributed by atoms with Gasteiger partial charge in [-0.15, -0.1) is 6.42 Å². The van der Waals surface area contributed by atoms with Crippen LogP contribution in [0.15, 0.2) is 30.5 Å². The molecule has 0 amide bonds. The van der Waals surface area contributed by atoms with Gasteiger partial charge in [0.25, 0.3) is 5.92 Å². The molecule has 0 spiro atoms. The van der Waals surface area contributed by atoms with Crippen molar-refractivity contribution in [1.82, 2.24) is 20.1 Å². The van der Waals surface area contributed by atoms with E-state index in [1.54, 1.807) is 0 Å². The fourth-order valence-corrected chi connectivity index (χ4v) is 5.81. The number of terminal acetylenes is 1. The molecule has 5 nitrogen and oxygen atoms in total. The lowest BCUT2D eigenvalue weighted by Gasteiger charge is -2.12. The molecule has 176 valence electrons. The average molecular weight is 478 g/mol. The van der Waals surface area contributed by atoms with Crippen molar-refractivity contribution >= 4 is 21.7 Å². The number of nitrogens with one attached hydrogen (secondary N) is 1. The molecule has 0 bridgehead atoms. The second kappa shape index (κ2) is 6.73. The average Bonchev–Trinajstić information content (AvgIpc) is 3.49. The minimum absolute atomic E-state index is 0.0553. The summed E-state index contributed by atoms with van der Waals surface area (Å²) in [6, 6.07) is 4.01. The van der Waals surface area contributed by atoms with E-state index in [2.05, 4.69) is 21.3 Å². The van der Waals surface area contributed by atoms with Crippen LogP contribution in [-0.2, 0) is 0 Å². The van der Waals surface area contributed by atoms with Crippen molar-refractivity contribution in [2.24, 2.45) is 11.8 Å². The number of fused-ring (bicyclic) bond motifs is 3. The highest BCUT2D eigenvalue weighted by atomic mass is 19.3. The molecule has 7 rings (SSSR count). The summed E-state index contributed by atoms with van der Waals surface area (Å²) < 4.78 is 60.1. The van der Waals surface area contributed by atoms with Gasteiger partial charge in [0, 0.05) is 34.9 Å². The molecule has 3 aliphatic rings. The number of hydrogen-bond acceptors (Lipinski definition) is 4. The first-order chi connectivity index (χ1) is 16.8. The molecule has 35 heavy (non-hydrogen) atoms. The summed E-state index contributed by atoms with van der Waals surface area (Å²) in [6.45, 7) is 1.62. The minimum Gasteiger partial charge on any atom is -0.508 e. The molecule has 1 aliphatic heterocycles. The van der Waals surface area contributed by atoms with Crippen LogP contribution in [0.2, 0.25) is 0 Å². The van der Waals surface area contributed by atoms with Gasteiger partial charge in [0.2, 0.25) is 0 Å². The van der Waals surface area contributed by atoms with Crippen LogP contribution in [0, 0.1) is 35.8 Å². The highest BCUT2D eigenvalue weighted by Gasteiger charge is 2.61. The van der Waals surface area contributed by atoms with E-state index in [-0.39, 0.29) is 39.4 Å². The Bertz CT molecular complexity index is 1610. The van der Waals surface area contributed by atoms with Crippen molar-refractivity contribution in [3.63, 3.8) is 0 Å². The maximum Gasteiger partial charge on any atom is 0.272 e. The minimum atomic E-state index is -2.97. The van der Waals surface area contributed by atoms with E-state index < -0.39 is 30.0 Å². The summed E-state index contributed by atoms with van der Waals surface area (Å²) in [5.41, 5.74) is 0.305. The predicted molar refractivity (Wildman–Crippen MR) is 121 cm³/mol. The Morgan fingerprint density at radius 1 is 1.17 bits per heavy atom. The summed E-state index contributed by atoms with van der Waals surface area (Å²) in [6.07, 6.45) is 6.58. The Morgan fingerprint density at radius 3 is 2.60 bits per heavy atom. The number of hydrogen-bond donors (Lipinski definition) is 2. The molecule has 2 unspecified atom stereocenters. The largest absolute Gasteiger partial charge is 0.508 e. The van der Waals surface area contributed by atoms with Gasteiger partial charge in [0.1, 0.15) is 28.8 Å². The predicted octanol–water partition coefficient (Wildman–Crippen LogP) is 4.73. The molecule has 0 radical (unpaired) electrons. The van der Waals surface area contributed by atoms with E-state index in [4.69, 9.17) is 6.42 Å². The van der Waals surface area contributed by atoms with Crippen molar-refractivity contribution < 1.29 is 22.7 Å². The second-order valence-corrected chi connectivity index (χ2v) is 9.66. The Balaban J connectivity index is 1.50. The molecule has 2 aromatic carbocycles. The maximum atomic E-state index is 16.2. The Kier molecular flexibility index (Phi) is 3.98. The van der Waals surface area contributed by atoms with Crippen molar-refractivity contribution in [2.75, 3.05) is 13.1 Å². The first-order valence-corrected chi connectivity index (χ1v) is 11.4. The number of rotatable bonds is 3. The molecule has 2 N–H and O–H groups in total. The van der Waals surface area contributed by atoms with Crippen LogP contribution >= 0.6 is 0 Å². The molecule has 3 fully saturated rings. The van der Waals surface area contributed by atoms with E-state index in [0.29, 0.717) is 28.3 Å². The van der Waals surface area contributed by atoms with Crippen LogP contribution in [0.3, 0.4) is 0 Å². The molecule has 4 aromatic rings. The molecule has 4 atom stereocenters. The van der Waals surface area contributed by atoms with Crippen molar-refractivity contribution in [3.05, 3.63) is 53.4 Å². The Labute approximate surface area is 196 Å². The molecular weight excluding hydrogens is 460 g/mol. The topological polar surface area (TPSA) is 63.0 Å². The van der Waals surface area contributed by atoms with E-state index in [0.717, 1.165) is 17.8 Å². The van der Waals surface area contributed by atoms with Gasteiger partial charge in [-0.3, -0.25) is 9.67 Å². The number of aromatic nitrogens is 3. The first-order valence-electron chi connectivity index (χ1n) is 11.4. The third-order valence-electron chi connectivity index (χ3n) is 7.66. The van der Waals surface area contributed by atoms with Crippen molar-refractivity contribution in [3.8, 4) is 29.4 Å². The van der Waals surface area contributed by atoms with Gasteiger partial charge >= 0.3 is 0 Å². The van der Waals surface area contributed by atoms with Gasteiger partial charge in [-0.1, -0.05) is 12.0 Å². The summed E-state index contributed by atoms with van der Waals surface area (Å²) in [7, 11) is 0. The highest BCUT2D eigenvalue weighted by Crippen LogP contribution is 2.59. The molecule has 2 aliphatic carbocycles. The molecule has 2 saturated carbocycles. The lowest BCUT2D eigenvalue weighted by Crippen LogP contribution is -2.14. The molecular formula is C26H18F4N4O. The van der Waals surface area contributed by atoms with Gasteiger partial charge in [-0.25, -0.2) is 17.6 Å². The van der Waals surface area contributed by atoms with E-state index in [1.165, 1.54) is 30.5 Å². The van der Waals surface area contributed by atoms with Crippen LogP contribution in [0.5, 0.6) is 5.75 Å².